The first-order valence-corrected chi connectivity index (χ1v) is 24.6. The summed E-state index contributed by atoms with van der Waals surface area (Å²) in [4.78, 5) is 67.0. The largest absolute Gasteiger partial charge is 0.378 e. The van der Waals surface area contributed by atoms with Crippen LogP contribution in [-0.4, -0.2) is 95.9 Å². The molecular formula is C58H62N8O5. The van der Waals surface area contributed by atoms with Crippen molar-refractivity contribution in [3.63, 3.8) is 0 Å². The molecule has 3 saturated heterocycles. The highest BCUT2D eigenvalue weighted by atomic mass is 16.5. The molecule has 364 valence electrons. The number of hydrogen-bond acceptors (Lipinski definition) is 9. The van der Waals surface area contributed by atoms with Crippen molar-refractivity contribution in [2.45, 2.75) is 65.7 Å². The van der Waals surface area contributed by atoms with Crippen LogP contribution in [0.2, 0.25) is 0 Å². The number of amides is 4. The van der Waals surface area contributed by atoms with Crippen LogP contribution in [0.15, 0.2) is 122 Å². The van der Waals surface area contributed by atoms with Crippen LogP contribution >= 0.6 is 0 Å². The summed E-state index contributed by atoms with van der Waals surface area (Å²) in [5, 5.41) is 14.9. The molecule has 0 atom stereocenters. The van der Waals surface area contributed by atoms with Gasteiger partial charge in [-0.15, -0.1) is 0 Å². The van der Waals surface area contributed by atoms with Gasteiger partial charge in [0.15, 0.2) is 0 Å². The fourth-order valence-electron chi connectivity index (χ4n) is 9.59. The van der Waals surface area contributed by atoms with Crippen molar-refractivity contribution in [2.24, 2.45) is 5.92 Å². The Kier molecular flexibility index (Phi) is 16.3. The number of aromatic nitrogens is 2. The van der Waals surface area contributed by atoms with E-state index >= 15 is 0 Å². The minimum Gasteiger partial charge on any atom is -0.378 e. The number of carbonyl (C=O) groups is 4. The highest BCUT2D eigenvalue weighted by molar-refractivity contribution is 6.07. The molecule has 3 aliphatic heterocycles. The van der Waals surface area contributed by atoms with E-state index in [1.165, 1.54) is 11.1 Å². The first-order valence-electron chi connectivity index (χ1n) is 24.6. The number of hydrogen-bond donors (Lipinski definition) is 2. The summed E-state index contributed by atoms with van der Waals surface area (Å²) >= 11 is 0. The van der Waals surface area contributed by atoms with Crippen LogP contribution in [0.4, 0.5) is 17.2 Å². The number of ether oxygens (including phenoxy) is 1. The number of benzene rings is 4. The molecule has 13 heteroatoms. The summed E-state index contributed by atoms with van der Waals surface area (Å²) in [5.41, 5.74) is 10.0. The van der Waals surface area contributed by atoms with Gasteiger partial charge in [0, 0.05) is 74.2 Å². The number of likely N-dealkylation sites (tertiary alicyclic amines) is 2. The highest BCUT2D eigenvalue weighted by Gasteiger charge is 2.27. The van der Waals surface area contributed by atoms with E-state index in [1.54, 1.807) is 30.6 Å². The van der Waals surface area contributed by atoms with Gasteiger partial charge in [-0.2, -0.15) is 5.26 Å². The van der Waals surface area contributed by atoms with Crippen LogP contribution in [0.25, 0.3) is 0 Å². The second kappa shape index (κ2) is 23.3. The maximum absolute atomic E-state index is 13.3. The van der Waals surface area contributed by atoms with Gasteiger partial charge in [0.2, 0.25) is 0 Å². The summed E-state index contributed by atoms with van der Waals surface area (Å²) in [6, 6.07) is 36.9. The zero-order valence-electron chi connectivity index (χ0n) is 41.1. The fourth-order valence-corrected chi connectivity index (χ4v) is 9.59. The van der Waals surface area contributed by atoms with Gasteiger partial charge in [0.25, 0.3) is 23.6 Å². The van der Waals surface area contributed by atoms with Crippen molar-refractivity contribution in [3.05, 3.63) is 183 Å². The first-order chi connectivity index (χ1) is 34.4. The third-order valence-electron chi connectivity index (χ3n) is 13.9. The predicted octanol–water partition coefficient (Wildman–Crippen LogP) is 9.72. The molecule has 4 aromatic carbocycles. The van der Waals surface area contributed by atoms with Crippen LogP contribution in [0, 0.1) is 44.9 Å². The molecular weight excluding hydrogens is 889 g/mol. The maximum Gasteiger partial charge on any atom is 0.257 e. The molecule has 3 aliphatic rings. The van der Waals surface area contributed by atoms with E-state index in [0.717, 1.165) is 80.8 Å². The molecule has 0 spiro atoms. The van der Waals surface area contributed by atoms with E-state index in [0.29, 0.717) is 83.0 Å². The standard InChI is InChI=1S/C30H34N4O3.C28H28N4O2/c1-22-7-8-25(30(36)34-13-11-24(12-14-34)19-23-5-3-2-4-6-23)20-27(22)32-29(35)26-9-10-28(31-21-26)33-15-17-37-18-16-33;1-18-4-7-24(16-25(18)31-27(33)26-19(2)10-13-30-20(26)3)28(34)32-14-11-23(12-15-32)22-8-5-21(17-29)6-9-22/h2-10,20-21,24H,11-19H2,1H3,(H,32,35);4-10,13,16,23H,11-12,14-15H2,1-3H3,(H,31,33). The van der Waals surface area contributed by atoms with Crippen molar-refractivity contribution in [1.82, 2.24) is 19.8 Å². The van der Waals surface area contributed by atoms with Crippen LogP contribution < -0.4 is 15.5 Å². The quantitative estimate of drug-likeness (QED) is 0.136. The summed E-state index contributed by atoms with van der Waals surface area (Å²) < 4.78 is 5.39. The molecule has 3 fully saturated rings. The van der Waals surface area contributed by atoms with Crippen LogP contribution in [-0.2, 0) is 11.2 Å². The number of nitriles is 1. The lowest BCUT2D eigenvalue weighted by Gasteiger charge is -2.32. The average Bonchev–Trinajstić information content (AvgIpc) is 3.40. The SMILES string of the molecule is Cc1ccc(C(=O)N2CCC(Cc3ccccc3)CC2)cc1NC(=O)c1ccc(N2CCOCC2)nc1.Cc1ccc(C(=O)N2CCC(c3ccc(C#N)cc3)CC2)cc1NC(=O)c1c(C)ccnc1C. The van der Waals surface area contributed by atoms with Gasteiger partial charge in [-0.25, -0.2) is 4.98 Å². The zero-order valence-corrected chi connectivity index (χ0v) is 41.1. The first kappa shape index (κ1) is 49.7. The number of nitrogens with one attached hydrogen (secondary N) is 2. The Morgan fingerprint density at radius 2 is 1.21 bits per heavy atom. The molecule has 0 bridgehead atoms. The summed E-state index contributed by atoms with van der Waals surface area (Å²) in [5.74, 6) is 1.36. The third kappa shape index (κ3) is 12.6. The number of carbonyl (C=O) groups excluding carboxylic acids is 4. The molecule has 0 saturated carbocycles. The number of morpholine rings is 1. The lowest BCUT2D eigenvalue weighted by atomic mass is 9.89. The number of pyridine rings is 2. The van der Waals surface area contributed by atoms with E-state index in [4.69, 9.17) is 10.00 Å². The number of piperidine rings is 2. The number of aryl methyl sites for hydroxylation is 4. The zero-order chi connectivity index (χ0) is 49.9. The van der Waals surface area contributed by atoms with Gasteiger partial charge in [-0.05, 0) is 154 Å². The molecule has 2 aromatic heterocycles. The Morgan fingerprint density at radius 1 is 0.634 bits per heavy atom. The van der Waals surface area contributed by atoms with Crippen LogP contribution in [0.5, 0.6) is 0 Å². The lowest BCUT2D eigenvalue weighted by molar-refractivity contribution is 0.0688. The molecule has 13 nitrogen and oxygen atoms in total. The smallest absolute Gasteiger partial charge is 0.257 e. The fraction of sp³-hybridized carbons (Fsp3) is 0.328. The molecule has 0 aliphatic carbocycles. The minimum absolute atomic E-state index is 0.0187. The van der Waals surface area contributed by atoms with Gasteiger partial charge in [0.1, 0.15) is 5.82 Å². The van der Waals surface area contributed by atoms with E-state index in [2.05, 4.69) is 55.8 Å². The molecule has 5 heterocycles. The molecule has 9 rings (SSSR count). The molecule has 2 N–H and O–H groups in total. The molecule has 4 amide bonds. The molecule has 0 unspecified atom stereocenters. The van der Waals surface area contributed by atoms with Crippen molar-refractivity contribution >= 4 is 40.8 Å². The van der Waals surface area contributed by atoms with Crippen molar-refractivity contribution in [3.8, 4) is 6.07 Å². The van der Waals surface area contributed by atoms with Gasteiger partial charge < -0.3 is 30.1 Å². The van der Waals surface area contributed by atoms with Crippen LogP contribution in [0.1, 0.15) is 112 Å². The molecule has 0 radical (unpaired) electrons. The van der Waals surface area contributed by atoms with E-state index in [-0.39, 0.29) is 23.6 Å². The predicted molar refractivity (Wildman–Crippen MR) is 277 cm³/mol. The lowest BCUT2D eigenvalue weighted by Crippen LogP contribution is -2.39. The summed E-state index contributed by atoms with van der Waals surface area (Å²) in [6.45, 7) is 13.4. The second-order valence-electron chi connectivity index (χ2n) is 18.8. The van der Waals surface area contributed by atoms with Gasteiger partial charge in [-0.3, -0.25) is 24.2 Å². The van der Waals surface area contributed by atoms with Gasteiger partial charge >= 0.3 is 0 Å². The molecule has 6 aromatic rings. The highest BCUT2D eigenvalue weighted by Crippen LogP contribution is 2.30. The monoisotopic (exact) mass is 950 g/mol. The minimum atomic E-state index is -0.240. The van der Waals surface area contributed by atoms with Crippen molar-refractivity contribution in [2.75, 3.05) is 68.0 Å². The summed E-state index contributed by atoms with van der Waals surface area (Å²) in [7, 11) is 0. The topological polar surface area (TPSA) is 161 Å². The Labute approximate surface area is 416 Å². The third-order valence-corrected chi connectivity index (χ3v) is 13.9. The number of rotatable bonds is 10. The Morgan fingerprint density at radius 3 is 1.77 bits per heavy atom. The summed E-state index contributed by atoms with van der Waals surface area (Å²) in [6.07, 6.45) is 8.12. The second-order valence-corrected chi connectivity index (χ2v) is 18.8. The van der Waals surface area contributed by atoms with Gasteiger partial charge in [-0.1, -0.05) is 54.6 Å². The molecule has 71 heavy (non-hydrogen) atoms. The number of anilines is 3. The van der Waals surface area contributed by atoms with E-state index < -0.39 is 0 Å². The van der Waals surface area contributed by atoms with Crippen LogP contribution in [0.3, 0.4) is 0 Å². The van der Waals surface area contributed by atoms with Gasteiger partial charge in [0.05, 0.1) is 41.7 Å². The van der Waals surface area contributed by atoms with E-state index in [1.807, 2.05) is 104 Å². The maximum atomic E-state index is 13.3. The Hall–Kier alpha value is -7.69. The Bertz CT molecular complexity index is 2860. The van der Waals surface area contributed by atoms with Crippen molar-refractivity contribution in [1.29, 1.82) is 5.26 Å². The number of nitrogens with zero attached hydrogens (tertiary/aromatic N) is 6. The normalized spacial score (nSPS) is 15.2. The average molecular weight is 951 g/mol. The van der Waals surface area contributed by atoms with E-state index in [9.17, 15) is 19.2 Å². The Balaban J connectivity index is 0.000000191. The van der Waals surface area contributed by atoms with Crippen molar-refractivity contribution < 1.29 is 23.9 Å².